The number of pyridine rings is 1. The lowest BCUT2D eigenvalue weighted by Gasteiger charge is -2.16. The van der Waals surface area contributed by atoms with E-state index in [1.54, 1.807) is 29.2 Å². The van der Waals surface area contributed by atoms with Crippen LogP contribution < -0.4 is 0 Å². The molecule has 0 bridgehead atoms. The molecule has 9 heteroatoms. The Morgan fingerprint density at radius 3 is 2.74 bits per heavy atom. The fourth-order valence-corrected chi connectivity index (χ4v) is 3.88. The highest BCUT2D eigenvalue weighted by Crippen LogP contribution is 2.54. The molecule has 0 saturated heterocycles. The van der Waals surface area contributed by atoms with E-state index in [2.05, 4.69) is 20.1 Å². The quantitative estimate of drug-likeness (QED) is 0.561. The van der Waals surface area contributed by atoms with E-state index in [0.717, 1.165) is 24.1 Å². The smallest absolute Gasteiger partial charge is 0.358 e. The summed E-state index contributed by atoms with van der Waals surface area (Å²) in [6.45, 7) is 0. The molecule has 1 N–H and O–H groups in total. The Hall–Kier alpha value is -2.61. The summed E-state index contributed by atoms with van der Waals surface area (Å²) < 4.78 is 39.6. The van der Waals surface area contributed by atoms with Crippen LogP contribution in [0, 0.1) is 0 Å². The maximum absolute atomic E-state index is 12.7. The maximum atomic E-state index is 12.7. The Bertz CT molecular complexity index is 1170. The van der Waals surface area contributed by atoms with Crippen molar-refractivity contribution in [2.24, 2.45) is 0 Å². The van der Waals surface area contributed by atoms with Crippen LogP contribution in [0.2, 0.25) is 5.15 Å². The molecule has 5 nitrogen and oxygen atoms in total. The normalized spacial score (nSPS) is 16.3. The van der Waals surface area contributed by atoms with Gasteiger partial charge in [0.15, 0.2) is 5.65 Å². The van der Waals surface area contributed by atoms with E-state index in [-0.39, 0.29) is 11.1 Å². The zero-order chi connectivity index (χ0) is 18.8. The minimum atomic E-state index is -4.26. The molecule has 0 spiro atoms. The first-order valence-electron chi connectivity index (χ1n) is 8.39. The number of nitrogens with one attached hydrogen (secondary N) is 1. The van der Waals surface area contributed by atoms with E-state index in [1.165, 1.54) is 6.07 Å². The van der Waals surface area contributed by atoms with Crippen LogP contribution in [-0.4, -0.2) is 30.7 Å². The zero-order valence-corrected chi connectivity index (χ0v) is 14.6. The van der Waals surface area contributed by atoms with Crippen molar-refractivity contribution in [3.8, 4) is 0 Å². The van der Waals surface area contributed by atoms with Crippen molar-refractivity contribution in [1.82, 2.24) is 24.6 Å². The first-order valence-corrected chi connectivity index (χ1v) is 8.77. The van der Waals surface area contributed by atoms with E-state index in [0.29, 0.717) is 21.7 Å². The van der Waals surface area contributed by atoms with Gasteiger partial charge in [0.1, 0.15) is 5.15 Å². The largest absolute Gasteiger partial charge is 0.394 e. The van der Waals surface area contributed by atoms with Gasteiger partial charge in [0.05, 0.1) is 12.1 Å². The van der Waals surface area contributed by atoms with Crippen molar-refractivity contribution in [1.29, 1.82) is 0 Å². The molecule has 1 aliphatic rings. The van der Waals surface area contributed by atoms with Crippen LogP contribution in [0.4, 0.5) is 13.2 Å². The molecule has 4 aromatic heterocycles. The Morgan fingerprint density at radius 1 is 1.19 bits per heavy atom. The van der Waals surface area contributed by atoms with Gasteiger partial charge >= 0.3 is 6.18 Å². The number of hydrogen-bond acceptors (Lipinski definition) is 3. The van der Waals surface area contributed by atoms with Gasteiger partial charge < -0.3 is 4.98 Å². The van der Waals surface area contributed by atoms with Crippen molar-refractivity contribution >= 4 is 28.2 Å². The molecule has 0 amide bonds. The summed E-state index contributed by atoms with van der Waals surface area (Å²) in [6.07, 6.45) is 1.49. The number of rotatable bonds is 3. The number of halogens is 4. The Labute approximate surface area is 156 Å². The van der Waals surface area contributed by atoms with Gasteiger partial charge in [0, 0.05) is 46.2 Å². The summed E-state index contributed by atoms with van der Waals surface area (Å²) in [4.78, 5) is 11.8. The molecule has 0 unspecified atom stereocenters. The molecule has 1 saturated carbocycles. The van der Waals surface area contributed by atoms with Crippen LogP contribution in [0.1, 0.15) is 29.8 Å². The number of nitrogens with zero attached hydrogens (tertiary/aromatic N) is 4. The fraction of sp³-hybridized carbons (Fsp3) is 0.278. The third kappa shape index (κ3) is 2.75. The molecule has 4 heterocycles. The average Bonchev–Trinajstić information content (AvgIpc) is 3.08. The van der Waals surface area contributed by atoms with Crippen molar-refractivity contribution in [3.05, 3.63) is 58.9 Å². The van der Waals surface area contributed by atoms with Crippen molar-refractivity contribution in [2.45, 2.75) is 30.9 Å². The van der Waals surface area contributed by atoms with Crippen LogP contribution in [0.15, 0.2) is 36.8 Å². The second-order valence-corrected chi connectivity index (χ2v) is 7.29. The van der Waals surface area contributed by atoms with Gasteiger partial charge in [-0.2, -0.15) is 18.3 Å². The number of fused-ring (bicyclic) bond motifs is 2. The number of alkyl halides is 3. The molecule has 0 atom stereocenters. The summed E-state index contributed by atoms with van der Waals surface area (Å²) in [5.74, 6) is 0. The lowest BCUT2D eigenvalue weighted by Crippen LogP contribution is -2.13. The molecule has 1 fully saturated rings. The lowest BCUT2D eigenvalue weighted by atomic mass is 9.92. The molecule has 27 heavy (non-hydrogen) atoms. The summed E-state index contributed by atoms with van der Waals surface area (Å²) in [6, 6.07) is 5.12. The number of hydrogen-bond donors (Lipinski definition) is 1. The lowest BCUT2D eigenvalue weighted by molar-refractivity contribution is -0.127. The summed E-state index contributed by atoms with van der Waals surface area (Å²) >= 11 is 6.17. The first-order chi connectivity index (χ1) is 12.8. The molecule has 138 valence electrons. The molecular formula is C18H13ClF3N5. The van der Waals surface area contributed by atoms with Crippen LogP contribution in [0.3, 0.4) is 0 Å². The van der Waals surface area contributed by atoms with Gasteiger partial charge in [0.2, 0.25) is 0 Å². The van der Waals surface area contributed by atoms with E-state index in [9.17, 15) is 13.2 Å². The summed E-state index contributed by atoms with van der Waals surface area (Å²) in [5.41, 5.74) is 2.86. The summed E-state index contributed by atoms with van der Waals surface area (Å²) in [5, 5.41) is 5.22. The topological polar surface area (TPSA) is 58.9 Å². The van der Waals surface area contributed by atoms with Crippen LogP contribution >= 0.6 is 11.6 Å². The van der Waals surface area contributed by atoms with Crippen molar-refractivity contribution in [2.75, 3.05) is 0 Å². The molecular weight excluding hydrogens is 379 g/mol. The van der Waals surface area contributed by atoms with Crippen molar-refractivity contribution < 1.29 is 13.2 Å². The van der Waals surface area contributed by atoms with Gasteiger partial charge in [-0.25, -0.2) is 9.50 Å². The molecule has 4 aromatic rings. The number of aromatic amines is 1. The van der Waals surface area contributed by atoms with E-state index in [4.69, 9.17) is 11.6 Å². The second kappa shape index (κ2) is 5.45. The van der Waals surface area contributed by atoms with E-state index >= 15 is 0 Å². The third-order valence-corrected chi connectivity index (χ3v) is 5.22. The Balaban J connectivity index is 1.61. The monoisotopic (exact) mass is 391 g/mol. The first kappa shape index (κ1) is 16.6. The molecule has 1 aliphatic carbocycles. The van der Waals surface area contributed by atoms with Gasteiger partial charge in [-0.1, -0.05) is 11.6 Å². The predicted octanol–water partition coefficient (Wildman–Crippen LogP) is 4.44. The van der Waals surface area contributed by atoms with Gasteiger partial charge in [-0.05, 0) is 31.0 Å². The second-order valence-electron chi connectivity index (χ2n) is 6.90. The minimum Gasteiger partial charge on any atom is -0.358 e. The maximum Gasteiger partial charge on any atom is 0.394 e. The number of aromatic nitrogens is 5. The molecule has 0 radical (unpaired) electrons. The average molecular weight is 392 g/mol. The van der Waals surface area contributed by atoms with Gasteiger partial charge in [0.25, 0.3) is 0 Å². The predicted molar refractivity (Wildman–Crippen MR) is 93.9 cm³/mol. The van der Waals surface area contributed by atoms with E-state index < -0.39 is 12.6 Å². The highest BCUT2D eigenvalue weighted by molar-refractivity contribution is 6.29. The standard InChI is InChI=1S/C18H13ClF3N5/c19-15-6-12(16-23-3-4-27(16)26-15)17(1-2-17)14-7-13-10(9-24-14)5-11(25-13)8-18(20,21)22/h3-7,9,25H,1-2,8H2. The highest BCUT2D eigenvalue weighted by Gasteiger charge is 2.49. The van der Waals surface area contributed by atoms with Crippen molar-refractivity contribution in [3.63, 3.8) is 0 Å². The Morgan fingerprint density at radius 2 is 2.00 bits per heavy atom. The number of H-pyrrole nitrogens is 1. The highest BCUT2D eigenvalue weighted by atomic mass is 35.5. The molecule has 0 aliphatic heterocycles. The van der Waals surface area contributed by atoms with Gasteiger partial charge in [-0.3, -0.25) is 4.98 Å². The SMILES string of the molecule is FC(F)(F)Cc1cc2cnc(C3(c4cc(Cl)nn5ccnc45)CC3)cc2[nH]1. The fourth-order valence-electron chi connectivity index (χ4n) is 3.69. The van der Waals surface area contributed by atoms with E-state index in [1.807, 2.05) is 6.07 Å². The third-order valence-electron chi connectivity index (χ3n) is 5.04. The molecule has 0 aromatic carbocycles. The zero-order valence-electron chi connectivity index (χ0n) is 13.9. The minimum absolute atomic E-state index is 0.129. The van der Waals surface area contributed by atoms with Crippen LogP contribution in [-0.2, 0) is 11.8 Å². The Kier molecular flexibility index (Phi) is 3.34. The van der Waals surface area contributed by atoms with Gasteiger partial charge in [-0.15, -0.1) is 0 Å². The molecule has 5 rings (SSSR count). The van der Waals surface area contributed by atoms with Crippen LogP contribution in [0.25, 0.3) is 16.6 Å². The summed E-state index contributed by atoms with van der Waals surface area (Å²) in [7, 11) is 0. The van der Waals surface area contributed by atoms with Crippen LogP contribution in [0.5, 0.6) is 0 Å². The number of imidazole rings is 1.